The molecule has 4 heteroatoms. The van der Waals surface area contributed by atoms with Gasteiger partial charge in [-0.2, -0.15) is 0 Å². The van der Waals surface area contributed by atoms with Crippen LogP contribution < -0.4 is 10.6 Å². The van der Waals surface area contributed by atoms with Crippen LogP contribution in [0.5, 0.6) is 0 Å². The van der Waals surface area contributed by atoms with Crippen LogP contribution in [0.25, 0.3) is 10.9 Å². The second-order valence-electron chi connectivity index (χ2n) is 6.55. The Kier molecular flexibility index (Phi) is 5.08. The average Bonchev–Trinajstić information content (AvgIpc) is 2.74. The number of nitrogens with two attached hydrogens (primary N) is 1. The topological polar surface area (TPSA) is 55.0 Å². The van der Waals surface area contributed by atoms with Crippen LogP contribution in [0.1, 0.15) is 16.8 Å². The van der Waals surface area contributed by atoms with Crippen LogP contribution in [0.15, 0.2) is 85.2 Å². The highest BCUT2D eigenvalue weighted by atomic mass is 15.1. The number of hydrogen-bond donors (Lipinski definition) is 1. The second kappa shape index (κ2) is 7.98. The summed E-state index contributed by atoms with van der Waals surface area (Å²) < 4.78 is 0. The summed E-state index contributed by atoms with van der Waals surface area (Å²) in [6, 6.07) is 24.9. The van der Waals surface area contributed by atoms with Crippen molar-refractivity contribution in [3.63, 3.8) is 0 Å². The molecule has 0 radical (unpaired) electrons. The second-order valence-corrected chi connectivity index (χ2v) is 6.55. The number of anilines is 1. The highest BCUT2D eigenvalue weighted by Gasteiger charge is 2.13. The molecule has 4 nitrogen and oxygen atoms in total. The van der Waals surface area contributed by atoms with Crippen molar-refractivity contribution in [2.75, 3.05) is 4.90 Å². The molecule has 0 fully saturated rings. The van der Waals surface area contributed by atoms with Gasteiger partial charge in [0.15, 0.2) is 0 Å². The molecule has 2 N–H and O–H groups in total. The Morgan fingerprint density at radius 3 is 2.26 bits per heavy atom. The van der Waals surface area contributed by atoms with E-state index in [9.17, 15) is 0 Å². The summed E-state index contributed by atoms with van der Waals surface area (Å²) in [6.45, 7) is 2.05. The predicted molar refractivity (Wildman–Crippen MR) is 110 cm³/mol. The molecule has 0 saturated heterocycles. The molecule has 2 aromatic heterocycles. The number of aromatic nitrogens is 2. The number of pyridine rings is 2. The number of para-hydroxylation sites is 1. The van der Waals surface area contributed by atoms with Gasteiger partial charge in [-0.05, 0) is 35.4 Å². The third-order valence-electron chi connectivity index (χ3n) is 4.66. The van der Waals surface area contributed by atoms with Gasteiger partial charge in [-0.15, -0.1) is 0 Å². The van der Waals surface area contributed by atoms with Gasteiger partial charge in [-0.25, -0.2) is 0 Å². The largest absolute Gasteiger partial charge is 0.360 e. The molecule has 0 amide bonds. The first-order valence-corrected chi connectivity index (χ1v) is 9.10. The Morgan fingerprint density at radius 2 is 1.48 bits per heavy atom. The first kappa shape index (κ1) is 17.2. The van der Waals surface area contributed by atoms with E-state index < -0.39 is 0 Å². The lowest BCUT2D eigenvalue weighted by Crippen LogP contribution is -2.23. The Morgan fingerprint density at radius 1 is 0.704 bits per heavy atom. The first-order chi connectivity index (χ1) is 13.3. The standard InChI is InChI=1S/C23H22N4/c24-15-18-9-11-19(12-10-18)16-27(17-21-7-1-2-13-25-21)22-8-3-5-20-6-4-14-26-23(20)22/h1-14H,15-17,24H2. The highest BCUT2D eigenvalue weighted by Crippen LogP contribution is 2.27. The van der Waals surface area contributed by atoms with Crippen molar-refractivity contribution in [3.8, 4) is 0 Å². The molecule has 0 bridgehead atoms. The summed E-state index contributed by atoms with van der Waals surface area (Å²) in [4.78, 5) is 11.5. The fraction of sp³-hybridized carbons (Fsp3) is 0.130. The van der Waals surface area contributed by atoms with E-state index in [-0.39, 0.29) is 0 Å². The van der Waals surface area contributed by atoms with Crippen LogP contribution in [0.2, 0.25) is 0 Å². The Labute approximate surface area is 159 Å². The van der Waals surface area contributed by atoms with Crippen molar-refractivity contribution < 1.29 is 0 Å². The van der Waals surface area contributed by atoms with Crippen molar-refractivity contribution in [2.24, 2.45) is 5.73 Å². The molecule has 0 saturated carbocycles. The molecular formula is C23H22N4. The summed E-state index contributed by atoms with van der Waals surface area (Å²) in [6.07, 6.45) is 3.69. The van der Waals surface area contributed by atoms with E-state index in [1.165, 1.54) is 5.56 Å². The van der Waals surface area contributed by atoms with E-state index in [2.05, 4.69) is 69.5 Å². The lowest BCUT2D eigenvalue weighted by Gasteiger charge is -2.26. The molecule has 0 atom stereocenters. The van der Waals surface area contributed by atoms with Gasteiger partial charge in [0, 0.05) is 30.9 Å². The Bertz CT molecular complexity index is 1010. The van der Waals surface area contributed by atoms with Crippen molar-refractivity contribution in [2.45, 2.75) is 19.6 Å². The minimum atomic E-state index is 0.561. The van der Waals surface area contributed by atoms with E-state index >= 15 is 0 Å². The molecule has 4 aromatic rings. The lowest BCUT2D eigenvalue weighted by atomic mass is 10.1. The zero-order chi connectivity index (χ0) is 18.5. The highest BCUT2D eigenvalue weighted by molar-refractivity contribution is 5.90. The van der Waals surface area contributed by atoms with Crippen molar-refractivity contribution >= 4 is 16.6 Å². The molecule has 0 spiro atoms. The summed E-state index contributed by atoms with van der Waals surface area (Å²) in [7, 11) is 0. The van der Waals surface area contributed by atoms with Gasteiger partial charge < -0.3 is 10.6 Å². The fourth-order valence-electron chi connectivity index (χ4n) is 3.26. The van der Waals surface area contributed by atoms with Gasteiger partial charge in [0.25, 0.3) is 0 Å². The van der Waals surface area contributed by atoms with Gasteiger partial charge in [-0.1, -0.05) is 48.5 Å². The Balaban J connectivity index is 1.72. The maximum Gasteiger partial charge on any atom is 0.0935 e. The maximum atomic E-state index is 5.73. The first-order valence-electron chi connectivity index (χ1n) is 9.10. The zero-order valence-corrected chi connectivity index (χ0v) is 15.1. The van der Waals surface area contributed by atoms with E-state index in [0.29, 0.717) is 6.54 Å². The van der Waals surface area contributed by atoms with Crippen molar-refractivity contribution in [1.82, 2.24) is 9.97 Å². The van der Waals surface area contributed by atoms with Crippen molar-refractivity contribution in [3.05, 3.63) is 102 Å². The Hall–Kier alpha value is -3.24. The molecule has 4 rings (SSSR count). The minimum Gasteiger partial charge on any atom is -0.360 e. The van der Waals surface area contributed by atoms with Gasteiger partial charge in [-0.3, -0.25) is 9.97 Å². The van der Waals surface area contributed by atoms with E-state index in [1.54, 1.807) is 0 Å². The van der Waals surface area contributed by atoms with Crippen molar-refractivity contribution in [1.29, 1.82) is 0 Å². The molecule has 2 heterocycles. The molecule has 0 aliphatic rings. The predicted octanol–water partition coefficient (Wildman–Crippen LogP) is 4.30. The van der Waals surface area contributed by atoms with Gasteiger partial charge in [0.2, 0.25) is 0 Å². The molecule has 0 unspecified atom stereocenters. The third-order valence-corrected chi connectivity index (χ3v) is 4.66. The summed E-state index contributed by atoms with van der Waals surface area (Å²) in [5, 5.41) is 1.14. The van der Waals surface area contributed by atoms with Crippen LogP contribution in [-0.2, 0) is 19.6 Å². The maximum absolute atomic E-state index is 5.73. The minimum absolute atomic E-state index is 0.561. The van der Waals surface area contributed by atoms with E-state index in [0.717, 1.165) is 40.9 Å². The fourth-order valence-corrected chi connectivity index (χ4v) is 3.26. The summed E-state index contributed by atoms with van der Waals surface area (Å²) in [5.41, 5.74) is 11.3. The van der Waals surface area contributed by atoms with Crippen LogP contribution in [0, 0.1) is 0 Å². The number of hydrogen-bond acceptors (Lipinski definition) is 4. The molecule has 0 aliphatic carbocycles. The lowest BCUT2D eigenvalue weighted by molar-refractivity contribution is 0.783. The summed E-state index contributed by atoms with van der Waals surface area (Å²) in [5.74, 6) is 0. The SMILES string of the molecule is NCc1ccc(CN(Cc2ccccn2)c2cccc3cccnc23)cc1. The zero-order valence-electron chi connectivity index (χ0n) is 15.1. The van der Waals surface area contributed by atoms with Gasteiger partial charge in [0.1, 0.15) is 0 Å². The van der Waals surface area contributed by atoms with Crippen LogP contribution in [0.4, 0.5) is 5.69 Å². The molecule has 134 valence electrons. The number of fused-ring (bicyclic) bond motifs is 1. The average molecular weight is 354 g/mol. The normalized spacial score (nSPS) is 10.9. The monoisotopic (exact) mass is 354 g/mol. The van der Waals surface area contributed by atoms with Gasteiger partial charge >= 0.3 is 0 Å². The number of nitrogens with zero attached hydrogens (tertiary/aromatic N) is 3. The smallest absolute Gasteiger partial charge is 0.0935 e. The van der Waals surface area contributed by atoms with Crippen LogP contribution in [0.3, 0.4) is 0 Å². The molecule has 0 aliphatic heterocycles. The van der Waals surface area contributed by atoms with Crippen LogP contribution in [-0.4, -0.2) is 9.97 Å². The van der Waals surface area contributed by atoms with Gasteiger partial charge in [0.05, 0.1) is 23.4 Å². The van der Waals surface area contributed by atoms with Crippen LogP contribution >= 0.6 is 0 Å². The third kappa shape index (κ3) is 3.96. The molecule has 2 aromatic carbocycles. The van der Waals surface area contributed by atoms with E-state index in [1.807, 2.05) is 30.6 Å². The number of benzene rings is 2. The molecule has 27 heavy (non-hydrogen) atoms. The summed E-state index contributed by atoms with van der Waals surface area (Å²) >= 11 is 0. The quantitative estimate of drug-likeness (QED) is 0.561. The number of rotatable bonds is 6. The van der Waals surface area contributed by atoms with E-state index in [4.69, 9.17) is 5.73 Å². The molecular weight excluding hydrogens is 332 g/mol.